The fourth-order valence-corrected chi connectivity index (χ4v) is 6.09. The van der Waals surface area contributed by atoms with E-state index in [-0.39, 0.29) is 17.7 Å². The summed E-state index contributed by atoms with van der Waals surface area (Å²) in [5.74, 6) is 2.82. The highest BCUT2D eigenvalue weighted by Gasteiger charge is 2.51. The molecule has 1 heterocycles. The lowest BCUT2D eigenvalue weighted by molar-refractivity contribution is -0.134. The van der Waals surface area contributed by atoms with E-state index in [2.05, 4.69) is 29.7 Å². The molecule has 2 unspecified atom stereocenters. The average Bonchev–Trinajstić information content (AvgIpc) is 2.89. The zero-order valence-corrected chi connectivity index (χ0v) is 22.9. The maximum atomic E-state index is 13.2. The Balaban J connectivity index is 1.32. The Morgan fingerprint density at radius 2 is 1.83 bits per heavy atom. The van der Waals surface area contributed by atoms with Crippen LogP contribution in [0.4, 0.5) is 0 Å². The summed E-state index contributed by atoms with van der Waals surface area (Å²) in [4.78, 5) is 32.6. The minimum Gasteiger partial charge on any atom is -0.497 e. The van der Waals surface area contributed by atoms with E-state index in [9.17, 15) is 9.59 Å². The number of amides is 2. The van der Waals surface area contributed by atoms with Crippen LogP contribution >= 0.6 is 0 Å². The van der Waals surface area contributed by atoms with E-state index in [1.54, 1.807) is 32.4 Å². The summed E-state index contributed by atoms with van der Waals surface area (Å²) in [7, 11) is 3.17. The number of carbonyl (C=O) groups is 2. The molecule has 1 saturated carbocycles. The first-order chi connectivity index (χ1) is 17.1. The molecule has 1 saturated heterocycles. The van der Waals surface area contributed by atoms with Crippen LogP contribution in [0.25, 0.3) is 0 Å². The van der Waals surface area contributed by atoms with E-state index in [1.807, 2.05) is 18.7 Å². The SMILES string of the molecule is COc1ccc(C(=O)N2CCN(CCN(CC3=CCC4CC3C4(C)C)C(=O)C(C)C)CC2)c(OC)c1. The van der Waals surface area contributed by atoms with Gasteiger partial charge in [-0.2, -0.15) is 0 Å². The highest BCUT2D eigenvalue weighted by Crippen LogP contribution is 2.59. The molecule has 0 spiro atoms. The lowest BCUT2D eigenvalue weighted by Gasteiger charge is -2.57. The number of carbonyl (C=O) groups excluding carboxylic acids is 2. The number of rotatable bonds is 9. The highest BCUT2D eigenvalue weighted by atomic mass is 16.5. The molecule has 5 rings (SSSR count). The molecule has 7 nitrogen and oxygen atoms in total. The van der Waals surface area contributed by atoms with Crippen molar-refractivity contribution in [3.05, 3.63) is 35.4 Å². The quantitative estimate of drug-likeness (QED) is 0.484. The van der Waals surface area contributed by atoms with Crippen LogP contribution in [0.2, 0.25) is 0 Å². The largest absolute Gasteiger partial charge is 0.497 e. The van der Waals surface area contributed by atoms with Crippen molar-refractivity contribution in [3.8, 4) is 11.5 Å². The maximum absolute atomic E-state index is 13.2. The minimum atomic E-state index is -0.0172. The monoisotopic (exact) mass is 497 g/mol. The first-order valence-corrected chi connectivity index (χ1v) is 13.4. The van der Waals surface area contributed by atoms with Gasteiger partial charge in [0, 0.05) is 57.8 Å². The number of hydrogen-bond donors (Lipinski definition) is 0. The highest BCUT2D eigenvalue weighted by molar-refractivity contribution is 5.97. The van der Waals surface area contributed by atoms with Gasteiger partial charge in [0.2, 0.25) is 5.91 Å². The van der Waals surface area contributed by atoms with Crippen molar-refractivity contribution in [1.29, 1.82) is 0 Å². The van der Waals surface area contributed by atoms with Crippen molar-refractivity contribution in [1.82, 2.24) is 14.7 Å². The van der Waals surface area contributed by atoms with Gasteiger partial charge >= 0.3 is 0 Å². The van der Waals surface area contributed by atoms with Crippen molar-refractivity contribution < 1.29 is 19.1 Å². The summed E-state index contributed by atoms with van der Waals surface area (Å²) in [6.45, 7) is 14.0. The number of nitrogens with zero attached hydrogens (tertiary/aromatic N) is 3. The fourth-order valence-electron chi connectivity index (χ4n) is 6.09. The topological polar surface area (TPSA) is 62.3 Å². The summed E-state index contributed by atoms with van der Waals surface area (Å²) in [5.41, 5.74) is 2.38. The first kappa shape index (κ1) is 26.5. The summed E-state index contributed by atoms with van der Waals surface area (Å²) >= 11 is 0. The van der Waals surface area contributed by atoms with Gasteiger partial charge in [0.25, 0.3) is 5.91 Å². The molecule has 36 heavy (non-hydrogen) atoms. The van der Waals surface area contributed by atoms with E-state index in [0.29, 0.717) is 41.5 Å². The van der Waals surface area contributed by atoms with Gasteiger partial charge in [0.1, 0.15) is 11.5 Å². The fraction of sp³-hybridized carbons (Fsp3) is 0.655. The second-order valence-corrected chi connectivity index (χ2v) is 11.4. The Labute approximate surface area is 216 Å². The van der Waals surface area contributed by atoms with E-state index >= 15 is 0 Å². The molecule has 1 aromatic rings. The van der Waals surface area contributed by atoms with Gasteiger partial charge in [-0.25, -0.2) is 0 Å². The third kappa shape index (κ3) is 5.26. The van der Waals surface area contributed by atoms with Crippen molar-refractivity contribution in [3.63, 3.8) is 0 Å². The van der Waals surface area contributed by atoms with E-state index in [0.717, 1.165) is 45.1 Å². The Bertz CT molecular complexity index is 994. The number of ether oxygens (including phenoxy) is 2. The van der Waals surface area contributed by atoms with Crippen molar-refractivity contribution in [2.45, 2.75) is 40.5 Å². The smallest absolute Gasteiger partial charge is 0.257 e. The molecule has 3 aliphatic carbocycles. The van der Waals surface area contributed by atoms with Crippen LogP contribution in [-0.2, 0) is 4.79 Å². The second kappa shape index (κ2) is 10.8. The zero-order chi connectivity index (χ0) is 26.0. The number of methoxy groups -OCH3 is 2. The molecule has 1 aliphatic heterocycles. The molecule has 0 aromatic heterocycles. The molecular weight excluding hydrogens is 454 g/mol. The van der Waals surface area contributed by atoms with Gasteiger partial charge in [-0.15, -0.1) is 0 Å². The summed E-state index contributed by atoms with van der Waals surface area (Å²) < 4.78 is 10.7. The lowest BCUT2D eigenvalue weighted by Crippen LogP contribution is -2.52. The van der Waals surface area contributed by atoms with E-state index in [4.69, 9.17) is 9.47 Å². The predicted octanol–water partition coefficient (Wildman–Crippen LogP) is 3.94. The molecule has 7 heteroatoms. The Morgan fingerprint density at radius 1 is 1.11 bits per heavy atom. The Morgan fingerprint density at radius 3 is 2.42 bits per heavy atom. The molecule has 2 amide bonds. The van der Waals surface area contributed by atoms with Crippen LogP contribution < -0.4 is 9.47 Å². The molecule has 1 aromatic carbocycles. The third-order valence-corrected chi connectivity index (χ3v) is 8.75. The second-order valence-electron chi connectivity index (χ2n) is 11.4. The van der Waals surface area contributed by atoms with E-state index < -0.39 is 0 Å². The van der Waals surface area contributed by atoms with Gasteiger partial charge < -0.3 is 19.3 Å². The van der Waals surface area contributed by atoms with Crippen LogP contribution in [0.5, 0.6) is 11.5 Å². The number of allylic oxidation sites excluding steroid dienone is 1. The van der Waals surface area contributed by atoms with E-state index in [1.165, 1.54) is 12.0 Å². The van der Waals surface area contributed by atoms with Crippen molar-refractivity contribution in [2.24, 2.45) is 23.2 Å². The Hall–Kier alpha value is -2.54. The van der Waals surface area contributed by atoms with Crippen LogP contribution in [0.1, 0.15) is 50.9 Å². The van der Waals surface area contributed by atoms with Crippen molar-refractivity contribution in [2.75, 3.05) is 60.0 Å². The molecule has 2 fully saturated rings. The number of piperazine rings is 1. The van der Waals surface area contributed by atoms with Crippen molar-refractivity contribution >= 4 is 11.8 Å². The zero-order valence-electron chi connectivity index (χ0n) is 22.9. The van der Waals surface area contributed by atoms with Gasteiger partial charge in [0.05, 0.1) is 19.8 Å². The van der Waals surface area contributed by atoms with Crippen LogP contribution in [0, 0.1) is 23.2 Å². The standard InChI is InChI=1S/C29H43N3O4/c1-20(2)27(33)32(19-21-7-8-22-17-25(21)29(22,3)4)16-13-30-11-14-31(15-12-30)28(34)24-10-9-23(35-5)18-26(24)36-6/h7,9-10,18,20,22,25H,8,11-17,19H2,1-6H3. The average molecular weight is 498 g/mol. The predicted molar refractivity (Wildman–Crippen MR) is 141 cm³/mol. The molecular formula is C29H43N3O4. The molecule has 2 atom stereocenters. The number of fused-ring (bicyclic) bond motifs is 1. The maximum Gasteiger partial charge on any atom is 0.257 e. The normalized spacial score (nSPS) is 23.1. The van der Waals surface area contributed by atoms with Gasteiger partial charge in [-0.05, 0) is 42.2 Å². The van der Waals surface area contributed by atoms with Crippen LogP contribution in [0.3, 0.4) is 0 Å². The summed E-state index contributed by atoms with van der Waals surface area (Å²) in [6.07, 6.45) is 4.83. The molecule has 0 radical (unpaired) electrons. The molecule has 4 aliphatic rings. The number of benzene rings is 1. The lowest BCUT2D eigenvalue weighted by atomic mass is 9.49. The summed E-state index contributed by atoms with van der Waals surface area (Å²) in [6, 6.07) is 5.31. The molecule has 0 N–H and O–H groups in total. The first-order valence-electron chi connectivity index (χ1n) is 13.4. The Kier molecular flexibility index (Phi) is 7.98. The minimum absolute atomic E-state index is 0.00899. The summed E-state index contributed by atoms with van der Waals surface area (Å²) in [5, 5.41) is 0. The van der Waals surface area contributed by atoms with Crippen LogP contribution in [0.15, 0.2) is 29.8 Å². The molecule has 198 valence electrons. The van der Waals surface area contributed by atoms with Gasteiger partial charge in [0.15, 0.2) is 0 Å². The van der Waals surface area contributed by atoms with Gasteiger partial charge in [-0.3, -0.25) is 14.5 Å². The van der Waals surface area contributed by atoms with Gasteiger partial charge in [-0.1, -0.05) is 39.3 Å². The van der Waals surface area contributed by atoms with Crippen LogP contribution in [-0.4, -0.2) is 86.5 Å². The molecule has 2 bridgehead atoms. The third-order valence-electron chi connectivity index (χ3n) is 8.75. The number of hydrogen-bond acceptors (Lipinski definition) is 5.